The molecule has 3 rings (SSSR count). The van der Waals surface area contributed by atoms with E-state index in [9.17, 15) is 4.79 Å². The fourth-order valence-electron chi connectivity index (χ4n) is 2.43. The zero-order chi connectivity index (χ0) is 17.6. The molecule has 1 amide bonds. The van der Waals surface area contributed by atoms with Gasteiger partial charge in [0, 0.05) is 23.5 Å². The van der Waals surface area contributed by atoms with Gasteiger partial charge in [0.05, 0.1) is 32.6 Å². The van der Waals surface area contributed by atoms with E-state index in [4.69, 9.17) is 13.9 Å². The summed E-state index contributed by atoms with van der Waals surface area (Å²) >= 11 is 0. The lowest BCUT2D eigenvalue weighted by atomic mass is 10.0. The van der Waals surface area contributed by atoms with Crippen LogP contribution in [0.4, 0.5) is 0 Å². The number of methoxy groups -OCH3 is 2. The van der Waals surface area contributed by atoms with Gasteiger partial charge in [-0.2, -0.15) is 0 Å². The smallest absolute Gasteiger partial charge is 0.253 e. The van der Waals surface area contributed by atoms with Gasteiger partial charge in [-0.15, -0.1) is 0 Å². The van der Waals surface area contributed by atoms with Gasteiger partial charge in [0.2, 0.25) is 0 Å². The summed E-state index contributed by atoms with van der Waals surface area (Å²) in [6, 6.07) is 10.8. The summed E-state index contributed by atoms with van der Waals surface area (Å²) in [6.45, 7) is 0.318. The topological polar surface area (TPSA) is 73.6 Å². The summed E-state index contributed by atoms with van der Waals surface area (Å²) in [5.74, 6) is 1.83. The first kappa shape index (κ1) is 16.6. The quantitative estimate of drug-likeness (QED) is 0.746. The first-order valence-corrected chi connectivity index (χ1v) is 7.69. The molecule has 0 spiro atoms. The Balaban J connectivity index is 1.85. The highest BCUT2D eigenvalue weighted by molar-refractivity contribution is 5.95. The van der Waals surface area contributed by atoms with E-state index in [1.807, 2.05) is 18.2 Å². The molecule has 128 valence electrons. The summed E-state index contributed by atoms with van der Waals surface area (Å²) in [5, 5.41) is 2.80. The van der Waals surface area contributed by atoms with Crippen LogP contribution in [-0.4, -0.2) is 25.1 Å². The number of pyridine rings is 1. The number of carbonyl (C=O) groups is 1. The normalized spacial score (nSPS) is 10.3. The van der Waals surface area contributed by atoms with Crippen molar-refractivity contribution >= 4 is 5.91 Å². The summed E-state index contributed by atoms with van der Waals surface area (Å²) < 4.78 is 15.9. The van der Waals surface area contributed by atoms with Crippen molar-refractivity contribution in [3.63, 3.8) is 0 Å². The number of ether oxygens (including phenoxy) is 2. The number of nitrogens with zero attached hydrogens (tertiary/aromatic N) is 1. The first-order chi connectivity index (χ1) is 12.2. The molecular weight excluding hydrogens is 320 g/mol. The Labute approximate surface area is 145 Å². The van der Waals surface area contributed by atoms with Gasteiger partial charge < -0.3 is 19.2 Å². The van der Waals surface area contributed by atoms with E-state index in [1.165, 1.54) is 6.20 Å². The number of hydrogen-bond acceptors (Lipinski definition) is 5. The van der Waals surface area contributed by atoms with Gasteiger partial charge in [0.1, 0.15) is 17.3 Å². The number of amides is 1. The third kappa shape index (κ3) is 3.80. The molecule has 0 bridgehead atoms. The second kappa shape index (κ2) is 7.53. The van der Waals surface area contributed by atoms with E-state index in [0.29, 0.717) is 29.4 Å². The number of benzene rings is 1. The first-order valence-electron chi connectivity index (χ1n) is 7.69. The van der Waals surface area contributed by atoms with E-state index < -0.39 is 0 Å². The molecule has 1 aromatic carbocycles. The largest absolute Gasteiger partial charge is 0.497 e. The molecule has 0 aliphatic rings. The van der Waals surface area contributed by atoms with Crippen LogP contribution >= 0.6 is 0 Å². The van der Waals surface area contributed by atoms with E-state index in [-0.39, 0.29) is 5.91 Å². The minimum absolute atomic E-state index is 0.229. The summed E-state index contributed by atoms with van der Waals surface area (Å²) in [7, 11) is 3.20. The summed E-state index contributed by atoms with van der Waals surface area (Å²) in [6.07, 6.45) is 4.77. The molecule has 6 nitrogen and oxygen atoms in total. The maximum absolute atomic E-state index is 12.4. The van der Waals surface area contributed by atoms with Crippen LogP contribution in [-0.2, 0) is 6.54 Å². The Morgan fingerprint density at radius 3 is 2.76 bits per heavy atom. The van der Waals surface area contributed by atoms with E-state index in [2.05, 4.69) is 10.3 Å². The molecule has 0 atom stereocenters. The number of nitrogens with one attached hydrogen (secondary N) is 1. The van der Waals surface area contributed by atoms with E-state index in [1.54, 1.807) is 44.9 Å². The minimum atomic E-state index is -0.229. The van der Waals surface area contributed by atoms with Gasteiger partial charge in [0.15, 0.2) is 0 Å². The molecule has 0 radical (unpaired) electrons. The fraction of sp³-hybridized carbons (Fsp3) is 0.158. The highest BCUT2D eigenvalue weighted by atomic mass is 16.5. The van der Waals surface area contributed by atoms with Gasteiger partial charge in [-0.3, -0.25) is 9.78 Å². The number of rotatable bonds is 6. The molecular formula is C19H18N2O4. The van der Waals surface area contributed by atoms with E-state index >= 15 is 0 Å². The van der Waals surface area contributed by atoms with Crippen LogP contribution in [0.25, 0.3) is 11.1 Å². The Morgan fingerprint density at radius 1 is 1.16 bits per heavy atom. The second-order valence-corrected chi connectivity index (χ2v) is 5.29. The van der Waals surface area contributed by atoms with E-state index in [0.717, 1.165) is 11.1 Å². The second-order valence-electron chi connectivity index (χ2n) is 5.29. The SMILES string of the molecule is COc1ccc(OC)c(-c2cncc(C(=O)NCc3ccco3)c2)c1. The van der Waals surface area contributed by atoms with Crippen LogP contribution < -0.4 is 14.8 Å². The number of furan rings is 1. The van der Waals surface area contributed by atoms with Crippen LogP contribution in [0.15, 0.2) is 59.5 Å². The molecule has 3 aromatic rings. The monoisotopic (exact) mass is 338 g/mol. The highest BCUT2D eigenvalue weighted by Crippen LogP contribution is 2.33. The number of aromatic nitrogens is 1. The molecule has 0 aliphatic carbocycles. The van der Waals surface area contributed by atoms with Gasteiger partial charge in [-0.05, 0) is 36.4 Å². The van der Waals surface area contributed by atoms with Crippen LogP contribution in [0.3, 0.4) is 0 Å². The minimum Gasteiger partial charge on any atom is -0.497 e. The standard InChI is InChI=1S/C19H18N2O4/c1-23-15-5-6-18(24-2)17(9-15)13-8-14(11-20-10-13)19(22)21-12-16-4-3-7-25-16/h3-11H,12H2,1-2H3,(H,21,22). The lowest BCUT2D eigenvalue weighted by Gasteiger charge is -2.11. The Bertz CT molecular complexity index is 860. The maximum Gasteiger partial charge on any atom is 0.253 e. The maximum atomic E-state index is 12.4. The third-order valence-corrected chi connectivity index (χ3v) is 3.72. The summed E-state index contributed by atoms with van der Waals surface area (Å²) in [5.41, 5.74) is 2.02. The van der Waals surface area contributed by atoms with Gasteiger partial charge in [-0.1, -0.05) is 0 Å². The van der Waals surface area contributed by atoms with Crippen molar-refractivity contribution in [1.82, 2.24) is 10.3 Å². The lowest BCUT2D eigenvalue weighted by Crippen LogP contribution is -2.22. The highest BCUT2D eigenvalue weighted by Gasteiger charge is 2.12. The molecule has 6 heteroatoms. The van der Waals surface area contributed by atoms with Crippen molar-refractivity contribution in [2.24, 2.45) is 0 Å². The lowest BCUT2D eigenvalue weighted by molar-refractivity contribution is 0.0947. The molecule has 0 unspecified atom stereocenters. The number of carbonyl (C=O) groups excluding carboxylic acids is 1. The molecule has 1 N–H and O–H groups in total. The molecule has 0 aliphatic heterocycles. The average Bonchev–Trinajstić information content (AvgIpc) is 3.19. The molecule has 0 saturated carbocycles. The van der Waals surface area contributed by atoms with Crippen molar-refractivity contribution in [3.8, 4) is 22.6 Å². The molecule has 2 aromatic heterocycles. The zero-order valence-electron chi connectivity index (χ0n) is 14.0. The Hall–Kier alpha value is -3.28. The Morgan fingerprint density at radius 2 is 2.04 bits per heavy atom. The van der Waals surface area contributed by atoms with Crippen LogP contribution in [0.2, 0.25) is 0 Å². The van der Waals surface area contributed by atoms with Crippen molar-refractivity contribution < 1.29 is 18.7 Å². The Kier molecular flexibility index (Phi) is 4.99. The van der Waals surface area contributed by atoms with Gasteiger partial charge in [-0.25, -0.2) is 0 Å². The fourth-order valence-corrected chi connectivity index (χ4v) is 2.43. The van der Waals surface area contributed by atoms with Crippen LogP contribution in [0.1, 0.15) is 16.1 Å². The van der Waals surface area contributed by atoms with Crippen LogP contribution in [0.5, 0.6) is 11.5 Å². The number of hydrogen-bond donors (Lipinski definition) is 1. The molecule has 0 fully saturated rings. The predicted molar refractivity (Wildman–Crippen MR) is 92.7 cm³/mol. The molecule has 2 heterocycles. The van der Waals surface area contributed by atoms with Crippen molar-refractivity contribution in [2.75, 3.05) is 14.2 Å². The van der Waals surface area contributed by atoms with Crippen molar-refractivity contribution in [1.29, 1.82) is 0 Å². The van der Waals surface area contributed by atoms with Gasteiger partial charge >= 0.3 is 0 Å². The zero-order valence-corrected chi connectivity index (χ0v) is 14.0. The average molecular weight is 338 g/mol. The van der Waals surface area contributed by atoms with Gasteiger partial charge in [0.25, 0.3) is 5.91 Å². The van der Waals surface area contributed by atoms with Crippen molar-refractivity contribution in [3.05, 3.63) is 66.4 Å². The molecule has 25 heavy (non-hydrogen) atoms. The molecule has 0 saturated heterocycles. The van der Waals surface area contributed by atoms with Crippen molar-refractivity contribution in [2.45, 2.75) is 6.54 Å². The summed E-state index contributed by atoms with van der Waals surface area (Å²) in [4.78, 5) is 16.5. The predicted octanol–water partition coefficient (Wildman–Crippen LogP) is 3.29. The van der Waals surface area contributed by atoms with Crippen LogP contribution in [0, 0.1) is 0 Å². The third-order valence-electron chi connectivity index (χ3n) is 3.72.